The Bertz CT molecular complexity index is 1290. The molecule has 1 saturated heterocycles. The number of rotatable bonds is 4. The summed E-state index contributed by atoms with van der Waals surface area (Å²) < 4.78 is 17.0. The summed E-state index contributed by atoms with van der Waals surface area (Å²) in [6.45, 7) is 4.90. The third kappa shape index (κ3) is 5.00. The number of ether oxygens (including phenoxy) is 3. The Hall–Kier alpha value is -4.00. The van der Waals surface area contributed by atoms with Crippen LogP contribution in [0.3, 0.4) is 0 Å². The summed E-state index contributed by atoms with van der Waals surface area (Å²) in [5, 5.41) is 0. The fraction of sp³-hybridized carbons (Fsp3) is 0.310. The van der Waals surface area contributed by atoms with E-state index in [0.29, 0.717) is 25.3 Å². The van der Waals surface area contributed by atoms with Crippen LogP contribution in [0.2, 0.25) is 0 Å². The van der Waals surface area contributed by atoms with E-state index in [-0.39, 0.29) is 5.91 Å². The van der Waals surface area contributed by atoms with Crippen molar-refractivity contribution in [2.75, 3.05) is 40.4 Å². The number of fused-ring (bicyclic) bond motifs is 2. The minimum absolute atomic E-state index is 0.138. The van der Waals surface area contributed by atoms with Crippen LogP contribution in [0.4, 0.5) is 5.69 Å². The van der Waals surface area contributed by atoms with Gasteiger partial charge in [0.1, 0.15) is 28.8 Å². The molecule has 0 saturated carbocycles. The van der Waals surface area contributed by atoms with Crippen LogP contribution >= 0.6 is 0 Å². The standard InChI is InChI=1S/C29H31N3O4/c1-20-5-12-25-27(17-20)36-26-19-23(35-3)10-11-24(26)29(30-25)32-14-4-13-31(15-16-32)28(33)18-21-6-8-22(34-2)9-7-21/h5-12,17,19H,4,13-16,18H2,1-3H3. The van der Waals surface area contributed by atoms with E-state index in [0.717, 1.165) is 65.0 Å². The number of amides is 1. The Balaban J connectivity index is 1.38. The Morgan fingerprint density at radius 2 is 1.67 bits per heavy atom. The summed E-state index contributed by atoms with van der Waals surface area (Å²) in [6.07, 6.45) is 1.24. The molecule has 0 bridgehead atoms. The Labute approximate surface area is 211 Å². The summed E-state index contributed by atoms with van der Waals surface area (Å²) in [5.41, 5.74) is 3.81. The molecule has 1 fully saturated rings. The van der Waals surface area contributed by atoms with Crippen molar-refractivity contribution in [1.82, 2.24) is 9.80 Å². The van der Waals surface area contributed by atoms with E-state index >= 15 is 0 Å². The third-order valence-electron chi connectivity index (χ3n) is 6.65. The van der Waals surface area contributed by atoms with Gasteiger partial charge in [0.15, 0.2) is 5.75 Å². The maximum Gasteiger partial charge on any atom is 0.227 e. The molecule has 0 aliphatic carbocycles. The number of benzene rings is 3. The average molecular weight is 486 g/mol. The van der Waals surface area contributed by atoms with E-state index in [9.17, 15) is 4.79 Å². The van der Waals surface area contributed by atoms with Crippen molar-refractivity contribution in [3.05, 3.63) is 77.4 Å². The molecule has 0 unspecified atom stereocenters. The fourth-order valence-corrected chi connectivity index (χ4v) is 4.64. The van der Waals surface area contributed by atoms with Crippen LogP contribution in [0, 0.1) is 6.92 Å². The lowest BCUT2D eigenvalue weighted by molar-refractivity contribution is -0.130. The van der Waals surface area contributed by atoms with E-state index in [2.05, 4.69) is 4.90 Å². The summed E-state index contributed by atoms with van der Waals surface area (Å²) in [4.78, 5) is 22.4. The number of hydrogen-bond acceptors (Lipinski definition) is 6. The van der Waals surface area contributed by atoms with E-state index in [1.54, 1.807) is 14.2 Å². The molecule has 3 aromatic rings. The zero-order chi connectivity index (χ0) is 25.1. The quantitative estimate of drug-likeness (QED) is 0.522. The van der Waals surface area contributed by atoms with E-state index in [4.69, 9.17) is 19.2 Å². The van der Waals surface area contributed by atoms with Crippen molar-refractivity contribution in [3.63, 3.8) is 0 Å². The number of carbonyl (C=O) groups excluding carboxylic acids is 1. The van der Waals surface area contributed by atoms with Crippen molar-refractivity contribution in [3.8, 4) is 23.0 Å². The van der Waals surface area contributed by atoms with Gasteiger partial charge in [-0.1, -0.05) is 18.2 Å². The minimum Gasteiger partial charge on any atom is -0.497 e. The lowest BCUT2D eigenvalue weighted by Crippen LogP contribution is -2.38. The predicted octanol–water partition coefficient (Wildman–Crippen LogP) is 4.97. The van der Waals surface area contributed by atoms with Crippen LogP contribution in [-0.2, 0) is 11.2 Å². The first-order chi connectivity index (χ1) is 17.5. The predicted molar refractivity (Wildman–Crippen MR) is 140 cm³/mol. The number of aryl methyl sites for hydroxylation is 1. The van der Waals surface area contributed by atoms with Crippen LogP contribution < -0.4 is 14.2 Å². The number of carbonyl (C=O) groups is 1. The monoisotopic (exact) mass is 485 g/mol. The highest BCUT2D eigenvalue weighted by Crippen LogP contribution is 2.40. The third-order valence-corrected chi connectivity index (χ3v) is 6.65. The van der Waals surface area contributed by atoms with Crippen LogP contribution in [0.1, 0.15) is 23.1 Å². The van der Waals surface area contributed by atoms with E-state index in [1.165, 1.54) is 0 Å². The Morgan fingerprint density at radius 3 is 2.44 bits per heavy atom. The smallest absolute Gasteiger partial charge is 0.227 e. The maximum atomic E-state index is 13.1. The van der Waals surface area contributed by atoms with E-state index in [1.807, 2.05) is 72.5 Å². The van der Waals surface area contributed by atoms with Crippen molar-refractivity contribution in [2.24, 2.45) is 4.99 Å². The molecular weight excluding hydrogens is 454 g/mol. The van der Waals surface area contributed by atoms with Gasteiger partial charge >= 0.3 is 0 Å². The number of hydrogen-bond donors (Lipinski definition) is 0. The lowest BCUT2D eigenvalue weighted by Gasteiger charge is -2.25. The summed E-state index contributed by atoms with van der Waals surface area (Å²) in [7, 11) is 3.29. The highest BCUT2D eigenvalue weighted by molar-refractivity contribution is 6.04. The Kier molecular flexibility index (Phi) is 6.80. The van der Waals surface area contributed by atoms with Crippen LogP contribution in [0.25, 0.3) is 0 Å². The second-order valence-electron chi connectivity index (χ2n) is 9.12. The second kappa shape index (κ2) is 10.3. The van der Waals surface area contributed by atoms with Crippen molar-refractivity contribution >= 4 is 17.4 Å². The molecule has 7 nitrogen and oxygen atoms in total. The summed E-state index contributed by atoms with van der Waals surface area (Å²) >= 11 is 0. The normalized spacial score (nSPS) is 15.0. The van der Waals surface area contributed by atoms with Gasteiger partial charge in [0.05, 0.1) is 26.2 Å². The lowest BCUT2D eigenvalue weighted by atomic mass is 10.1. The Morgan fingerprint density at radius 1 is 0.889 bits per heavy atom. The molecule has 3 aromatic carbocycles. The molecule has 7 heteroatoms. The van der Waals surface area contributed by atoms with Gasteiger partial charge in [-0.3, -0.25) is 4.79 Å². The average Bonchev–Trinajstić information content (AvgIpc) is 3.23. The van der Waals surface area contributed by atoms with Gasteiger partial charge in [-0.05, 0) is 60.9 Å². The molecule has 186 valence electrons. The molecule has 0 aromatic heterocycles. The number of amidine groups is 1. The minimum atomic E-state index is 0.138. The van der Waals surface area contributed by atoms with Gasteiger partial charge in [-0.25, -0.2) is 4.99 Å². The van der Waals surface area contributed by atoms with Crippen molar-refractivity contribution < 1.29 is 19.0 Å². The summed E-state index contributed by atoms with van der Waals surface area (Å²) in [5.74, 6) is 3.97. The first-order valence-corrected chi connectivity index (χ1v) is 12.3. The van der Waals surface area contributed by atoms with Gasteiger partial charge in [0.2, 0.25) is 5.91 Å². The number of methoxy groups -OCH3 is 2. The van der Waals surface area contributed by atoms with Crippen LogP contribution in [-0.4, -0.2) is 61.9 Å². The van der Waals surface area contributed by atoms with Gasteiger partial charge < -0.3 is 24.0 Å². The molecular formula is C29H31N3O4. The van der Waals surface area contributed by atoms with Crippen molar-refractivity contribution in [1.29, 1.82) is 0 Å². The van der Waals surface area contributed by atoms with Crippen LogP contribution in [0.15, 0.2) is 65.7 Å². The first-order valence-electron chi connectivity index (χ1n) is 12.3. The zero-order valence-electron chi connectivity index (χ0n) is 21.0. The highest BCUT2D eigenvalue weighted by Gasteiger charge is 2.26. The van der Waals surface area contributed by atoms with Gasteiger partial charge in [-0.15, -0.1) is 0 Å². The zero-order valence-corrected chi connectivity index (χ0v) is 21.0. The first kappa shape index (κ1) is 23.7. The van der Waals surface area contributed by atoms with Crippen LogP contribution in [0.5, 0.6) is 23.0 Å². The molecule has 0 atom stereocenters. The molecule has 0 N–H and O–H groups in total. The molecule has 2 aliphatic rings. The molecule has 5 rings (SSSR count). The van der Waals surface area contributed by atoms with Gasteiger partial charge in [-0.2, -0.15) is 0 Å². The fourth-order valence-electron chi connectivity index (χ4n) is 4.64. The van der Waals surface area contributed by atoms with E-state index < -0.39 is 0 Å². The van der Waals surface area contributed by atoms with Gasteiger partial charge in [0, 0.05) is 32.2 Å². The summed E-state index contributed by atoms with van der Waals surface area (Å²) in [6, 6.07) is 19.6. The number of nitrogens with zero attached hydrogens (tertiary/aromatic N) is 3. The second-order valence-corrected chi connectivity index (χ2v) is 9.12. The molecule has 2 heterocycles. The molecule has 2 aliphatic heterocycles. The molecule has 0 radical (unpaired) electrons. The number of aliphatic imine (C=N–C) groups is 1. The van der Waals surface area contributed by atoms with Gasteiger partial charge in [0.25, 0.3) is 0 Å². The SMILES string of the molecule is COc1ccc(CC(=O)N2CCCN(C3=Nc4ccc(C)cc4Oc4cc(OC)ccc43)CC2)cc1. The highest BCUT2D eigenvalue weighted by atomic mass is 16.5. The van der Waals surface area contributed by atoms with Crippen molar-refractivity contribution in [2.45, 2.75) is 19.8 Å². The maximum absolute atomic E-state index is 13.1. The topological polar surface area (TPSA) is 63.6 Å². The molecule has 0 spiro atoms. The molecule has 36 heavy (non-hydrogen) atoms. The molecule has 1 amide bonds. The largest absolute Gasteiger partial charge is 0.497 e.